The number of aliphatic hydroxyl groups is 1. The summed E-state index contributed by atoms with van der Waals surface area (Å²) in [5.41, 5.74) is 3.68. The largest absolute Gasteiger partial charge is 0.393 e. The van der Waals surface area contributed by atoms with Gasteiger partial charge in [-0.15, -0.1) is 0 Å². The second-order valence-electron chi connectivity index (χ2n) is 6.01. The average molecular weight is 284 g/mol. The lowest BCUT2D eigenvalue weighted by atomic mass is 9.79. The lowest BCUT2D eigenvalue weighted by Gasteiger charge is -2.27. The van der Waals surface area contributed by atoms with Crippen molar-refractivity contribution in [3.63, 3.8) is 0 Å². The fraction of sp³-hybridized carbons (Fsp3) is 0.368. The van der Waals surface area contributed by atoms with E-state index in [0.29, 0.717) is 12.3 Å². The number of fused-ring (bicyclic) bond motifs is 1. The highest BCUT2D eigenvalue weighted by molar-refractivity contribution is 5.32. The van der Waals surface area contributed by atoms with Gasteiger partial charge < -0.3 is 5.11 Å². The number of halogens is 1. The number of rotatable bonds is 4. The Labute approximate surface area is 125 Å². The van der Waals surface area contributed by atoms with Crippen LogP contribution >= 0.6 is 0 Å². The molecule has 0 amide bonds. The van der Waals surface area contributed by atoms with Gasteiger partial charge in [-0.25, -0.2) is 4.39 Å². The second-order valence-corrected chi connectivity index (χ2v) is 6.01. The lowest BCUT2D eigenvalue weighted by molar-refractivity contribution is 0.152. The summed E-state index contributed by atoms with van der Waals surface area (Å²) in [7, 11) is 0. The molecule has 2 aromatic carbocycles. The summed E-state index contributed by atoms with van der Waals surface area (Å²) in [6.07, 6.45) is 4.34. The maximum absolute atomic E-state index is 13.2. The van der Waals surface area contributed by atoms with Crippen molar-refractivity contribution in [3.05, 3.63) is 71.0 Å². The standard InChI is InChI=1S/C19H21FO/c20-17-9-3-5-14(11-17)12-18(21)13-16-8-4-7-15-6-1-2-10-19(15)16/h1-3,5-6,9-11,16,18,21H,4,7-8,12-13H2. The van der Waals surface area contributed by atoms with Crippen molar-refractivity contribution in [1.29, 1.82) is 0 Å². The molecule has 21 heavy (non-hydrogen) atoms. The third-order valence-electron chi connectivity index (χ3n) is 4.41. The molecule has 0 fully saturated rings. The normalized spacial score (nSPS) is 19.0. The fourth-order valence-electron chi connectivity index (χ4n) is 3.45. The summed E-state index contributed by atoms with van der Waals surface area (Å²) in [5.74, 6) is 0.196. The molecule has 0 radical (unpaired) electrons. The molecule has 1 N–H and O–H groups in total. The molecule has 3 rings (SSSR count). The molecule has 2 aromatic rings. The van der Waals surface area contributed by atoms with E-state index in [1.807, 2.05) is 6.07 Å². The molecule has 1 aliphatic rings. The number of hydrogen-bond acceptors (Lipinski definition) is 1. The van der Waals surface area contributed by atoms with Crippen molar-refractivity contribution >= 4 is 0 Å². The van der Waals surface area contributed by atoms with Crippen LogP contribution in [-0.2, 0) is 12.8 Å². The van der Waals surface area contributed by atoms with E-state index in [4.69, 9.17) is 0 Å². The van der Waals surface area contributed by atoms with Crippen LogP contribution in [0, 0.1) is 5.82 Å². The van der Waals surface area contributed by atoms with Gasteiger partial charge in [0.25, 0.3) is 0 Å². The highest BCUT2D eigenvalue weighted by atomic mass is 19.1. The third kappa shape index (κ3) is 3.51. The van der Waals surface area contributed by atoms with Gasteiger partial charge in [-0.3, -0.25) is 0 Å². The molecule has 2 atom stereocenters. The maximum atomic E-state index is 13.2. The van der Waals surface area contributed by atoms with Gasteiger partial charge in [0.05, 0.1) is 6.10 Å². The minimum atomic E-state index is -0.414. The molecule has 1 nitrogen and oxygen atoms in total. The second kappa shape index (κ2) is 6.40. The Morgan fingerprint density at radius 1 is 1.14 bits per heavy atom. The quantitative estimate of drug-likeness (QED) is 0.890. The van der Waals surface area contributed by atoms with Gasteiger partial charge in [0.2, 0.25) is 0 Å². The van der Waals surface area contributed by atoms with E-state index in [9.17, 15) is 9.50 Å². The molecule has 0 spiro atoms. The van der Waals surface area contributed by atoms with E-state index in [2.05, 4.69) is 24.3 Å². The number of hydrogen-bond donors (Lipinski definition) is 1. The molecule has 0 heterocycles. The van der Waals surface area contributed by atoms with Crippen molar-refractivity contribution in [2.24, 2.45) is 0 Å². The monoisotopic (exact) mass is 284 g/mol. The van der Waals surface area contributed by atoms with E-state index < -0.39 is 6.10 Å². The average Bonchev–Trinajstić information content (AvgIpc) is 2.47. The van der Waals surface area contributed by atoms with Gasteiger partial charge in [0.1, 0.15) is 5.82 Å². The molecule has 110 valence electrons. The smallest absolute Gasteiger partial charge is 0.123 e. The van der Waals surface area contributed by atoms with E-state index in [-0.39, 0.29) is 5.82 Å². The zero-order chi connectivity index (χ0) is 14.7. The number of benzene rings is 2. The molecule has 0 saturated carbocycles. The van der Waals surface area contributed by atoms with Crippen LogP contribution in [0.25, 0.3) is 0 Å². The first-order chi connectivity index (χ1) is 10.2. The summed E-state index contributed by atoms with van der Waals surface area (Å²) in [6, 6.07) is 15.1. The molecule has 2 unspecified atom stereocenters. The Balaban J connectivity index is 1.67. The summed E-state index contributed by atoms with van der Waals surface area (Å²) < 4.78 is 13.2. The predicted molar refractivity (Wildman–Crippen MR) is 82.8 cm³/mol. The van der Waals surface area contributed by atoms with Crippen LogP contribution in [0.5, 0.6) is 0 Å². The van der Waals surface area contributed by atoms with Gasteiger partial charge >= 0.3 is 0 Å². The van der Waals surface area contributed by atoms with Gasteiger partial charge in [0.15, 0.2) is 0 Å². The van der Waals surface area contributed by atoms with E-state index in [1.165, 1.54) is 29.7 Å². The molecular formula is C19H21FO. The predicted octanol–water partition coefficient (Wildman–Crippen LogP) is 4.24. The minimum Gasteiger partial charge on any atom is -0.393 e. The number of aliphatic hydroxyl groups excluding tert-OH is 1. The van der Waals surface area contributed by atoms with Crippen LogP contribution in [0.2, 0.25) is 0 Å². The molecule has 0 saturated heterocycles. The highest BCUT2D eigenvalue weighted by Crippen LogP contribution is 2.35. The van der Waals surface area contributed by atoms with Crippen molar-refractivity contribution in [2.75, 3.05) is 0 Å². The van der Waals surface area contributed by atoms with Crippen molar-refractivity contribution < 1.29 is 9.50 Å². The first-order valence-corrected chi connectivity index (χ1v) is 7.72. The Morgan fingerprint density at radius 2 is 2.00 bits per heavy atom. The summed E-state index contributed by atoms with van der Waals surface area (Å²) in [4.78, 5) is 0. The van der Waals surface area contributed by atoms with E-state index in [0.717, 1.165) is 24.8 Å². The van der Waals surface area contributed by atoms with Gasteiger partial charge in [-0.05, 0) is 66.8 Å². The summed E-state index contributed by atoms with van der Waals surface area (Å²) in [5, 5.41) is 10.3. The van der Waals surface area contributed by atoms with Crippen molar-refractivity contribution in [3.8, 4) is 0 Å². The zero-order valence-electron chi connectivity index (χ0n) is 12.1. The first kappa shape index (κ1) is 14.3. The minimum absolute atomic E-state index is 0.234. The summed E-state index contributed by atoms with van der Waals surface area (Å²) in [6.45, 7) is 0. The van der Waals surface area contributed by atoms with Gasteiger partial charge in [-0.2, -0.15) is 0 Å². The van der Waals surface area contributed by atoms with Crippen molar-refractivity contribution in [2.45, 2.75) is 44.1 Å². The number of aryl methyl sites for hydroxylation is 1. The molecule has 2 heteroatoms. The van der Waals surface area contributed by atoms with Crippen LogP contribution in [0.1, 0.15) is 41.9 Å². The zero-order valence-corrected chi connectivity index (χ0v) is 12.1. The molecule has 0 bridgehead atoms. The van der Waals surface area contributed by atoms with Crippen LogP contribution in [-0.4, -0.2) is 11.2 Å². The first-order valence-electron chi connectivity index (χ1n) is 7.72. The Morgan fingerprint density at radius 3 is 2.86 bits per heavy atom. The Hall–Kier alpha value is -1.67. The van der Waals surface area contributed by atoms with Crippen molar-refractivity contribution in [1.82, 2.24) is 0 Å². The van der Waals surface area contributed by atoms with Crippen LogP contribution in [0.3, 0.4) is 0 Å². The summed E-state index contributed by atoms with van der Waals surface area (Å²) >= 11 is 0. The van der Waals surface area contributed by atoms with Gasteiger partial charge in [0, 0.05) is 0 Å². The van der Waals surface area contributed by atoms with Crippen LogP contribution < -0.4 is 0 Å². The Bertz CT molecular complexity index is 608. The van der Waals surface area contributed by atoms with Gasteiger partial charge in [-0.1, -0.05) is 36.4 Å². The molecule has 0 aromatic heterocycles. The SMILES string of the molecule is OC(Cc1cccc(F)c1)CC1CCCc2ccccc21. The fourth-order valence-corrected chi connectivity index (χ4v) is 3.45. The van der Waals surface area contributed by atoms with Crippen LogP contribution in [0.15, 0.2) is 48.5 Å². The Kier molecular flexibility index (Phi) is 4.35. The topological polar surface area (TPSA) is 20.2 Å². The van der Waals surface area contributed by atoms with E-state index >= 15 is 0 Å². The maximum Gasteiger partial charge on any atom is 0.123 e. The third-order valence-corrected chi connectivity index (χ3v) is 4.41. The van der Waals surface area contributed by atoms with Crippen LogP contribution in [0.4, 0.5) is 4.39 Å². The molecular weight excluding hydrogens is 263 g/mol. The molecule has 0 aliphatic heterocycles. The lowest BCUT2D eigenvalue weighted by Crippen LogP contribution is -2.18. The van der Waals surface area contributed by atoms with E-state index in [1.54, 1.807) is 6.07 Å². The molecule has 1 aliphatic carbocycles. The highest BCUT2D eigenvalue weighted by Gasteiger charge is 2.22.